The SMILES string of the molecule is CCOC(=O)c1cccc(N2C(=O)C(O)=C(C(=O)C(C)C)C2c2cccc(O)c2)c1. The van der Waals surface area contributed by atoms with E-state index in [4.69, 9.17) is 4.74 Å². The van der Waals surface area contributed by atoms with Crippen LogP contribution in [0.2, 0.25) is 0 Å². The number of nitrogens with zero attached hydrogens (tertiary/aromatic N) is 1. The highest BCUT2D eigenvalue weighted by atomic mass is 16.5. The Hall–Kier alpha value is -3.61. The first kappa shape index (κ1) is 21.1. The molecular formula is C23H23NO6. The predicted octanol–water partition coefficient (Wildman–Crippen LogP) is 3.69. The summed E-state index contributed by atoms with van der Waals surface area (Å²) in [5.41, 5.74) is 0.969. The minimum Gasteiger partial charge on any atom is -0.508 e. The van der Waals surface area contributed by atoms with Crippen LogP contribution in [0.25, 0.3) is 0 Å². The van der Waals surface area contributed by atoms with Crippen LogP contribution in [0, 0.1) is 5.92 Å². The van der Waals surface area contributed by atoms with Crippen LogP contribution in [0.1, 0.15) is 42.7 Å². The third-order valence-corrected chi connectivity index (χ3v) is 4.82. The zero-order chi connectivity index (χ0) is 22.0. The molecule has 1 aliphatic rings. The van der Waals surface area contributed by atoms with Crippen LogP contribution < -0.4 is 4.90 Å². The minimum atomic E-state index is -0.947. The van der Waals surface area contributed by atoms with Crippen molar-refractivity contribution in [2.24, 2.45) is 5.92 Å². The van der Waals surface area contributed by atoms with Crippen LogP contribution in [0.5, 0.6) is 5.75 Å². The minimum absolute atomic E-state index is 0.0390. The van der Waals surface area contributed by atoms with E-state index in [1.54, 1.807) is 51.1 Å². The molecule has 2 aromatic carbocycles. The lowest BCUT2D eigenvalue weighted by Crippen LogP contribution is -2.31. The highest BCUT2D eigenvalue weighted by molar-refractivity contribution is 6.17. The lowest BCUT2D eigenvalue weighted by Gasteiger charge is -2.27. The summed E-state index contributed by atoms with van der Waals surface area (Å²) in [7, 11) is 0. The largest absolute Gasteiger partial charge is 0.508 e. The summed E-state index contributed by atoms with van der Waals surface area (Å²) in [6, 6.07) is 11.4. The fourth-order valence-corrected chi connectivity index (χ4v) is 3.44. The molecule has 0 fully saturated rings. The topological polar surface area (TPSA) is 104 Å². The van der Waals surface area contributed by atoms with E-state index in [-0.39, 0.29) is 29.3 Å². The number of rotatable bonds is 6. The summed E-state index contributed by atoms with van der Waals surface area (Å²) in [4.78, 5) is 39.3. The molecule has 1 amide bonds. The Morgan fingerprint density at radius 3 is 2.43 bits per heavy atom. The summed E-state index contributed by atoms with van der Waals surface area (Å²) >= 11 is 0. The Balaban J connectivity index is 2.16. The Bertz CT molecular complexity index is 1040. The molecule has 1 aliphatic heterocycles. The number of esters is 1. The maximum absolute atomic E-state index is 13.0. The lowest BCUT2D eigenvalue weighted by atomic mass is 9.91. The quantitative estimate of drug-likeness (QED) is 0.705. The van der Waals surface area contributed by atoms with Crippen LogP contribution in [0.4, 0.5) is 5.69 Å². The zero-order valence-corrected chi connectivity index (χ0v) is 17.0. The van der Waals surface area contributed by atoms with Crippen LogP contribution in [-0.4, -0.2) is 34.5 Å². The fourth-order valence-electron chi connectivity index (χ4n) is 3.44. The van der Waals surface area contributed by atoms with Gasteiger partial charge in [0.2, 0.25) is 0 Å². The van der Waals surface area contributed by atoms with Gasteiger partial charge in [0.05, 0.1) is 23.8 Å². The van der Waals surface area contributed by atoms with Gasteiger partial charge in [0, 0.05) is 11.6 Å². The number of aromatic hydroxyl groups is 1. The second-order valence-corrected chi connectivity index (χ2v) is 7.22. The Morgan fingerprint density at radius 2 is 1.80 bits per heavy atom. The molecule has 0 saturated carbocycles. The molecule has 7 heteroatoms. The van der Waals surface area contributed by atoms with E-state index in [1.807, 2.05) is 0 Å². The first-order chi connectivity index (χ1) is 14.3. The first-order valence-electron chi connectivity index (χ1n) is 9.63. The Kier molecular flexibility index (Phi) is 5.91. The van der Waals surface area contributed by atoms with Gasteiger partial charge in [-0.3, -0.25) is 14.5 Å². The molecule has 2 N–H and O–H groups in total. The molecule has 0 radical (unpaired) electrons. The number of Topliss-reactive ketones (excluding diaryl/α,β-unsaturated/α-hetero) is 1. The Morgan fingerprint density at radius 1 is 1.10 bits per heavy atom. The molecule has 156 valence electrons. The molecule has 0 bridgehead atoms. The van der Waals surface area contributed by atoms with Gasteiger partial charge >= 0.3 is 5.97 Å². The number of aliphatic hydroxyl groups is 1. The summed E-state index contributed by atoms with van der Waals surface area (Å²) in [6.07, 6.45) is 0. The third kappa shape index (κ3) is 3.78. The lowest BCUT2D eigenvalue weighted by molar-refractivity contribution is -0.119. The molecule has 1 heterocycles. The highest BCUT2D eigenvalue weighted by Crippen LogP contribution is 2.42. The number of ketones is 1. The van der Waals surface area contributed by atoms with E-state index < -0.39 is 29.6 Å². The summed E-state index contributed by atoms with van der Waals surface area (Å²) in [5.74, 6) is -2.81. The molecule has 1 unspecified atom stereocenters. The van der Waals surface area contributed by atoms with Crippen molar-refractivity contribution in [3.63, 3.8) is 0 Å². The number of hydrogen-bond acceptors (Lipinski definition) is 6. The monoisotopic (exact) mass is 409 g/mol. The van der Waals surface area contributed by atoms with Crippen molar-refractivity contribution in [2.75, 3.05) is 11.5 Å². The number of ether oxygens (including phenoxy) is 1. The molecule has 2 aromatic rings. The smallest absolute Gasteiger partial charge is 0.338 e. The third-order valence-electron chi connectivity index (χ3n) is 4.82. The number of phenols is 1. The number of phenolic OH excluding ortho intramolecular Hbond substituents is 1. The predicted molar refractivity (Wildman–Crippen MR) is 110 cm³/mol. The molecule has 0 spiro atoms. The molecule has 3 rings (SSSR count). The molecular weight excluding hydrogens is 386 g/mol. The van der Waals surface area contributed by atoms with Gasteiger partial charge in [0.25, 0.3) is 5.91 Å². The second kappa shape index (κ2) is 8.41. The van der Waals surface area contributed by atoms with Gasteiger partial charge in [-0.2, -0.15) is 0 Å². The van der Waals surface area contributed by atoms with Crippen molar-refractivity contribution >= 4 is 23.3 Å². The summed E-state index contributed by atoms with van der Waals surface area (Å²) < 4.78 is 5.02. The van der Waals surface area contributed by atoms with E-state index in [2.05, 4.69) is 0 Å². The average Bonchev–Trinajstić information content (AvgIpc) is 2.98. The van der Waals surface area contributed by atoms with E-state index in [0.717, 1.165) is 0 Å². The van der Waals surface area contributed by atoms with Gasteiger partial charge in [-0.1, -0.05) is 32.0 Å². The van der Waals surface area contributed by atoms with Gasteiger partial charge < -0.3 is 14.9 Å². The van der Waals surface area contributed by atoms with E-state index >= 15 is 0 Å². The Labute approximate surface area is 174 Å². The van der Waals surface area contributed by atoms with Crippen molar-refractivity contribution in [3.05, 3.63) is 71.0 Å². The molecule has 30 heavy (non-hydrogen) atoms. The number of benzene rings is 2. The van der Waals surface area contributed by atoms with Crippen molar-refractivity contribution in [3.8, 4) is 5.75 Å². The normalized spacial score (nSPS) is 16.3. The zero-order valence-electron chi connectivity index (χ0n) is 17.0. The van der Waals surface area contributed by atoms with Crippen molar-refractivity contribution in [1.29, 1.82) is 0 Å². The summed E-state index contributed by atoms with van der Waals surface area (Å²) in [5, 5.41) is 20.5. The van der Waals surface area contributed by atoms with E-state index in [9.17, 15) is 24.6 Å². The molecule has 0 aliphatic carbocycles. The second-order valence-electron chi connectivity index (χ2n) is 7.22. The first-order valence-corrected chi connectivity index (χ1v) is 9.63. The van der Waals surface area contributed by atoms with Gasteiger partial charge in [0.1, 0.15) is 5.75 Å². The number of amides is 1. The van der Waals surface area contributed by atoms with Crippen molar-refractivity contribution < 1.29 is 29.3 Å². The van der Waals surface area contributed by atoms with Gasteiger partial charge in [0.15, 0.2) is 11.5 Å². The number of anilines is 1. The summed E-state index contributed by atoms with van der Waals surface area (Å²) in [6.45, 7) is 5.25. The fraction of sp³-hybridized carbons (Fsp3) is 0.261. The van der Waals surface area contributed by atoms with Gasteiger partial charge in [-0.25, -0.2) is 4.79 Å². The van der Waals surface area contributed by atoms with Crippen LogP contribution >= 0.6 is 0 Å². The van der Waals surface area contributed by atoms with Crippen molar-refractivity contribution in [2.45, 2.75) is 26.8 Å². The van der Waals surface area contributed by atoms with E-state index in [0.29, 0.717) is 11.3 Å². The molecule has 7 nitrogen and oxygen atoms in total. The van der Waals surface area contributed by atoms with Gasteiger partial charge in [-0.15, -0.1) is 0 Å². The number of carbonyl (C=O) groups excluding carboxylic acids is 3. The maximum Gasteiger partial charge on any atom is 0.338 e. The average molecular weight is 409 g/mol. The number of hydrogen-bond donors (Lipinski definition) is 2. The standard InChI is InChI=1S/C23H23NO6/c1-4-30-23(29)15-8-5-9-16(11-15)24-19(14-7-6-10-17(25)12-14)18(20(26)13(2)3)21(27)22(24)28/h5-13,19,25,27H,4H2,1-3H3. The van der Waals surface area contributed by atoms with Crippen LogP contribution in [-0.2, 0) is 14.3 Å². The molecule has 1 atom stereocenters. The highest BCUT2D eigenvalue weighted by Gasteiger charge is 2.45. The maximum atomic E-state index is 13.0. The van der Waals surface area contributed by atoms with E-state index in [1.165, 1.54) is 23.1 Å². The molecule has 0 aromatic heterocycles. The number of carbonyl (C=O) groups is 3. The number of aliphatic hydroxyl groups excluding tert-OH is 1. The van der Waals surface area contributed by atoms with Crippen LogP contribution in [0.15, 0.2) is 59.9 Å². The van der Waals surface area contributed by atoms with Crippen LogP contribution in [0.3, 0.4) is 0 Å². The molecule has 0 saturated heterocycles. The van der Waals surface area contributed by atoms with Crippen molar-refractivity contribution in [1.82, 2.24) is 0 Å². The van der Waals surface area contributed by atoms with Gasteiger partial charge in [-0.05, 0) is 42.8 Å².